The highest BCUT2D eigenvalue weighted by molar-refractivity contribution is 6.09. The van der Waals surface area contributed by atoms with Crippen molar-refractivity contribution in [2.45, 2.75) is 25.9 Å². The van der Waals surface area contributed by atoms with E-state index < -0.39 is 0 Å². The van der Waals surface area contributed by atoms with Crippen molar-refractivity contribution in [2.24, 2.45) is 4.99 Å². The Bertz CT molecular complexity index is 1110. The molecule has 1 atom stereocenters. The van der Waals surface area contributed by atoms with E-state index in [2.05, 4.69) is 44.1 Å². The SMILES string of the molecule is CN=C/C(=C\NC)c1ccc2c(c1)C(Nc1cccc(O)c1)CCn1nnc(C)c1-2. The molecule has 1 aliphatic heterocycles. The number of aryl methyl sites for hydroxylation is 2. The van der Waals surface area contributed by atoms with Crippen LogP contribution in [0.15, 0.2) is 53.7 Å². The van der Waals surface area contributed by atoms with Crippen molar-refractivity contribution in [3.8, 4) is 17.0 Å². The van der Waals surface area contributed by atoms with Crippen LogP contribution in [0.5, 0.6) is 5.75 Å². The van der Waals surface area contributed by atoms with Gasteiger partial charge >= 0.3 is 0 Å². The molecule has 2 heterocycles. The van der Waals surface area contributed by atoms with Gasteiger partial charge in [-0.05, 0) is 42.7 Å². The van der Waals surface area contributed by atoms with Gasteiger partial charge in [-0.3, -0.25) is 4.99 Å². The summed E-state index contributed by atoms with van der Waals surface area (Å²) in [6, 6.07) is 13.7. The lowest BCUT2D eigenvalue weighted by Crippen LogP contribution is -2.13. The van der Waals surface area contributed by atoms with Crippen LogP contribution in [-0.2, 0) is 6.54 Å². The Hall–Kier alpha value is -3.61. The molecular formula is C23H26N6O. The minimum absolute atomic E-state index is 0.0530. The number of hydrogen-bond acceptors (Lipinski definition) is 6. The Labute approximate surface area is 176 Å². The van der Waals surface area contributed by atoms with Crippen LogP contribution in [0, 0.1) is 6.92 Å². The molecule has 0 radical (unpaired) electrons. The highest BCUT2D eigenvalue weighted by Crippen LogP contribution is 2.38. The summed E-state index contributed by atoms with van der Waals surface area (Å²) in [5.41, 5.74) is 7.23. The smallest absolute Gasteiger partial charge is 0.117 e. The van der Waals surface area contributed by atoms with Crippen LogP contribution in [0.4, 0.5) is 5.69 Å². The number of phenols is 1. The third kappa shape index (κ3) is 3.78. The fourth-order valence-electron chi connectivity index (χ4n) is 3.98. The number of aromatic hydroxyl groups is 1. The van der Waals surface area contributed by atoms with E-state index >= 15 is 0 Å². The second-order valence-electron chi connectivity index (χ2n) is 7.36. The first-order valence-electron chi connectivity index (χ1n) is 10.0. The first kappa shape index (κ1) is 19.7. The van der Waals surface area contributed by atoms with Gasteiger partial charge < -0.3 is 15.7 Å². The number of hydrogen-bond donors (Lipinski definition) is 3. The van der Waals surface area contributed by atoms with E-state index in [1.54, 1.807) is 19.2 Å². The fraction of sp³-hybridized carbons (Fsp3) is 0.261. The van der Waals surface area contributed by atoms with Gasteiger partial charge in [0.2, 0.25) is 0 Å². The molecule has 1 aliphatic rings. The van der Waals surface area contributed by atoms with E-state index in [1.807, 2.05) is 43.2 Å². The number of aliphatic imine (C=N–C) groups is 1. The van der Waals surface area contributed by atoms with Crippen LogP contribution >= 0.6 is 0 Å². The van der Waals surface area contributed by atoms with Gasteiger partial charge in [0.15, 0.2) is 0 Å². The van der Waals surface area contributed by atoms with Crippen LogP contribution in [0.3, 0.4) is 0 Å². The Morgan fingerprint density at radius 1 is 1.27 bits per heavy atom. The van der Waals surface area contributed by atoms with Crippen molar-refractivity contribution in [2.75, 3.05) is 19.4 Å². The molecule has 0 fully saturated rings. The molecule has 0 aliphatic carbocycles. The van der Waals surface area contributed by atoms with Gasteiger partial charge in [0.05, 0.1) is 17.4 Å². The minimum atomic E-state index is 0.0530. The fourth-order valence-corrected chi connectivity index (χ4v) is 3.98. The monoisotopic (exact) mass is 402 g/mol. The number of phenolic OH excluding ortho intramolecular Hbond substituents is 1. The van der Waals surface area contributed by atoms with Gasteiger partial charge in [0.25, 0.3) is 0 Å². The van der Waals surface area contributed by atoms with Crippen LogP contribution in [0.1, 0.15) is 29.3 Å². The van der Waals surface area contributed by atoms with Crippen molar-refractivity contribution in [1.29, 1.82) is 0 Å². The number of fused-ring (bicyclic) bond motifs is 3. The number of nitrogens with zero attached hydrogens (tertiary/aromatic N) is 4. The zero-order valence-electron chi connectivity index (χ0n) is 17.4. The van der Waals surface area contributed by atoms with Crippen LogP contribution in [0.25, 0.3) is 16.8 Å². The molecule has 0 saturated carbocycles. The zero-order valence-corrected chi connectivity index (χ0v) is 17.4. The molecule has 1 unspecified atom stereocenters. The highest BCUT2D eigenvalue weighted by atomic mass is 16.3. The van der Waals surface area contributed by atoms with Crippen molar-refractivity contribution in [3.05, 3.63) is 65.5 Å². The summed E-state index contributed by atoms with van der Waals surface area (Å²) in [5.74, 6) is 0.244. The molecule has 4 rings (SSSR count). The van der Waals surface area contributed by atoms with Gasteiger partial charge in [0.1, 0.15) is 5.75 Å². The Morgan fingerprint density at radius 3 is 2.90 bits per heavy atom. The molecular weight excluding hydrogens is 376 g/mol. The lowest BCUT2D eigenvalue weighted by atomic mass is 9.92. The molecule has 3 aromatic rings. The molecule has 2 aromatic carbocycles. The summed E-state index contributed by atoms with van der Waals surface area (Å²) in [4.78, 5) is 4.20. The summed E-state index contributed by atoms with van der Waals surface area (Å²) in [5, 5.41) is 25.2. The maximum atomic E-state index is 9.88. The molecule has 7 nitrogen and oxygen atoms in total. The number of benzene rings is 2. The van der Waals surface area contributed by atoms with Crippen LogP contribution in [-0.4, -0.2) is 40.4 Å². The Kier molecular flexibility index (Phi) is 5.52. The normalized spacial score (nSPS) is 16.1. The molecule has 0 spiro atoms. The molecule has 154 valence electrons. The number of anilines is 1. The summed E-state index contributed by atoms with van der Waals surface area (Å²) in [7, 11) is 3.65. The first-order chi connectivity index (χ1) is 14.6. The Morgan fingerprint density at radius 2 is 2.13 bits per heavy atom. The van der Waals surface area contributed by atoms with E-state index in [0.717, 1.165) is 46.7 Å². The van der Waals surface area contributed by atoms with Crippen molar-refractivity contribution in [3.63, 3.8) is 0 Å². The molecule has 1 aromatic heterocycles. The summed E-state index contributed by atoms with van der Waals surface area (Å²) >= 11 is 0. The third-order valence-electron chi connectivity index (χ3n) is 5.30. The van der Waals surface area contributed by atoms with Crippen LogP contribution in [0.2, 0.25) is 0 Å². The van der Waals surface area contributed by atoms with Gasteiger partial charge in [-0.2, -0.15) is 0 Å². The largest absolute Gasteiger partial charge is 0.508 e. The molecule has 0 bridgehead atoms. The molecule has 7 heteroatoms. The standard InChI is InChI=1S/C23H26N6O/c1-15-23-20-8-7-16(17(13-24-2)14-25-3)11-21(20)22(9-10-29(23)28-27-15)26-18-5-4-6-19(30)12-18/h4-8,11-14,22,24,26,30H,9-10H2,1-3H3/b17-13+,25-14?. The predicted octanol–water partition coefficient (Wildman–Crippen LogP) is 3.78. The molecule has 0 amide bonds. The topological polar surface area (TPSA) is 87.4 Å². The number of rotatable bonds is 5. The van der Waals surface area contributed by atoms with Gasteiger partial charge in [0, 0.05) is 55.9 Å². The number of aromatic nitrogens is 3. The van der Waals surface area contributed by atoms with E-state index in [1.165, 1.54) is 5.56 Å². The third-order valence-corrected chi connectivity index (χ3v) is 5.30. The minimum Gasteiger partial charge on any atom is -0.508 e. The summed E-state index contributed by atoms with van der Waals surface area (Å²) < 4.78 is 1.98. The zero-order chi connectivity index (χ0) is 21.1. The van der Waals surface area contributed by atoms with Crippen molar-refractivity contribution in [1.82, 2.24) is 20.3 Å². The highest BCUT2D eigenvalue weighted by Gasteiger charge is 2.25. The molecule has 30 heavy (non-hydrogen) atoms. The molecule has 0 saturated heterocycles. The second kappa shape index (κ2) is 8.41. The maximum Gasteiger partial charge on any atom is 0.117 e. The maximum absolute atomic E-state index is 9.88. The Balaban J connectivity index is 1.84. The average molecular weight is 403 g/mol. The van der Waals surface area contributed by atoms with Gasteiger partial charge in [-0.1, -0.05) is 23.4 Å². The summed E-state index contributed by atoms with van der Waals surface area (Å²) in [6.45, 7) is 2.75. The predicted molar refractivity (Wildman–Crippen MR) is 121 cm³/mol. The number of allylic oxidation sites excluding steroid dienone is 1. The quantitative estimate of drug-likeness (QED) is 0.566. The van der Waals surface area contributed by atoms with E-state index in [4.69, 9.17) is 0 Å². The second-order valence-corrected chi connectivity index (χ2v) is 7.36. The van der Waals surface area contributed by atoms with E-state index in [9.17, 15) is 5.11 Å². The lowest BCUT2D eigenvalue weighted by molar-refractivity contribution is 0.475. The molecule has 3 N–H and O–H groups in total. The van der Waals surface area contributed by atoms with E-state index in [-0.39, 0.29) is 11.8 Å². The van der Waals surface area contributed by atoms with Gasteiger partial charge in [-0.25, -0.2) is 4.68 Å². The average Bonchev–Trinajstić information content (AvgIpc) is 3.03. The number of nitrogens with one attached hydrogen (secondary N) is 2. The lowest BCUT2D eigenvalue weighted by Gasteiger charge is -2.21. The van der Waals surface area contributed by atoms with Crippen LogP contribution < -0.4 is 10.6 Å². The van der Waals surface area contributed by atoms with Gasteiger partial charge in [-0.15, -0.1) is 5.10 Å². The first-order valence-corrected chi connectivity index (χ1v) is 10.0. The van der Waals surface area contributed by atoms with Crippen molar-refractivity contribution < 1.29 is 5.11 Å². The van der Waals surface area contributed by atoms with E-state index in [0.29, 0.717) is 0 Å². The summed E-state index contributed by atoms with van der Waals surface area (Å²) in [6.07, 6.45) is 4.64. The van der Waals surface area contributed by atoms with Crippen molar-refractivity contribution >= 4 is 17.5 Å².